The molecule has 0 aromatic rings. The normalized spacial score (nSPS) is 22.1. The molecule has 1 saturated heterocycles. The zero-order chi connectivity index (χ0) is 24.8. The Hall–Kier alpha value is -1.60. The molecule has 0 amide bonds. The third-order valence-corrected chi connectivity index (χ3v) is 8.31. The molecule has 34 heavy (non-hydrogen) atoms. The fourth-order valence-corrected chi connectivity index (χ4v) is 5.87. The Bertz CT molecular complexity index is 731. The largest absolute Gasteiger partial charge is 0.303 e. The second-order valence-corrected chi connectivity index (χ2v) is 11.2. The second kappa shape index (κ2) is 15.4. The van der Waals surface area contributed by atoms with Gasteiger partial charge in [0.15, 0.2) is 0 Å². The zero-order valence-electron chi connectivity index (χ0n) is 23.0. The molecule has 1 aliphatic heterocycles. The van der Waals surface area contributed by atoms with E-state index in [1.807, 2.05) is 6.08 Å². The summed E-state index contributed by atoms with van der Waals surface area (Å²) in [5.74, 6) is 1.12. The highest BCUT2D eigenvalue weighted by Gasteiger charge is 2.37. The molecule has 0 N–H and O–H groups in total. The van der Waals surface area contributed by atoms with Gasteiger partial charge in [0, 0.05) is 12.5 Å². The molecule has 1 heteroatoms. The van der Waals surface area contributed by atoms with Gasteiger partial charge in [-0.2, -0.15) is 0 Å². The van der Waals surface area contributed by atoms with Gasteiger partial charge in [0.1, 0.15) is 0 Å². The Labute approximate surface area is 212 Å². The summed E-state index contributed by atoms with van der Waals surface area (Å²) in [6, 6.07) is 0. The molecule has 2 fully saturated rings. The van der Waals surface area contributed by atoms with E-state index < -0.39 is 0 Å². The second-order valence-electron chi connectivity index (χ2n) is 11.2. The topological polar surface area (TPSA) is 3.24 Å². The lowest BCUT2D eigenvalue weighted by atomic mass is 9.68. The molecule has 1 heterocycles. The lowest BCUT2D eigenvalue weighted by Crippen LogP contribution is -2.41. The van der Waals surface area contributed by atoms with Crippen molar-refractivity contribution in [3.8, 4) is 0 Å². The first-order valence-corrected chi connectivity index (χ1v) is 14.1. The highest BCUT2D eigenvalue weighted by atomic mass is 15.1. The van der Waals surface area contributed by atoms with Crippen molar-refractivity contribution in [3.63, 3.8) is 0 Å². The Kier molecular flexibility index (Phi) is 13.0. The summed E-state index contributed by atoms with van der Waals surface area (Å²) in [6.45, 7) is 21.4. The summed E-state index contributed by atoms with van der Waals surface area (Å²) < 4.78 is 0. The highest BCUT2D eigenvalue weighted by Crippen LogP contribution is 2.45. The van der Waals surface area contributed by atoms with Crippen LogP contribution in [0.25, 0.3) is 0 Å². The van der Waals surface area contributed by atoms with Crippen LogP contribution < -0.4 is 0 Å². The number of allylic oxidation sites excluding steroid dienone is 9. The Morgan fingerprint density at radius 2 is 1.50 bits per heavy atom. The third-order valence-electron chi connectivity index (χ3n) is 8.31. The molecule has 2 aliphatic rings. The number of likely N-dealkylation sites (tertiary alicyclic amines) is 1. The predicted molar refractivity (Wildman–Crippen MR) is 153 cm³/mol. The first-order chi connectivity index (χ1) is 16.4. The quantitative estimate of drug-likeness (QED) is 0.206. The van der Waals surface area contributed by atoms with Crippen molar-refractivity contribution in [2.75, 3.05) is 19.6 Å². The molecular weight excluding hydrogens is 410 g/mol. The maximum atomic E-state index is 4.32. The molecule has 1 aliphatic carbocycles. The molecule has 0 spiro atoms. The zero-order valence-corrected chi connectivity index (χ0v) is 23.0. The van der Waals surface area contributed by atoms with E-state index in [9.17, 15) is 0 Å². The Morgan fingerprint density at radius 3 is 2.06 bits per heavy atom. The average molecular weight is 464 g/mol. The minimum Gasteiger partial charge on any atom is -0.303 e. The van der Waals surface area contributed by atoms with E-state index in [2.05, 4.69) is 82.2 Å². The predicted octanol–water partition coefficient (Wildman–Crippen LogP) is 9.61. The summed E-state index contributed by atoms with van der Waals surface area (Å²) in [6.07, 6.45) is 30.0. The van der Waals surface area contributed by atoms with Crippen molar-refractivity contribution >= 4 is 0 Å². The molecule has 190 valence electrons. The summed E-state index contributed by atoms with van der Waals surface area (Å²) in [4.78, 5) is 2.75. The van der Waals surface area contributed by atoms with Gasteiger partial charge in [-0.25, -0.2) is 0 Å². The number of nitrogens with zero attached hydrogens (tertiary/aromatic N) is 1. The summed E-state index contributed by atoms with van der Waals surface area (Å²) in [5.41, 5.74) is 4.67. The van der Waals surface area contributed by atoms with E-state index in [0.29, 0.717) is 17.3 Å². The summed E-state index contributed by atoms with van der Waals surface area (Å²) >= 11 is 0. The SMILES string of the molecule is C=C/C(=C\C=C/C)CC/C(=C/C=C(\C=C)C(CN1CCCCC1)C1(C)CCCCCC1)C(C)C. The van der Waals surface area contributed by atoms with Crippen LogP contribution in [0.1, 0.15) is 98.3 Å². The van der Waals surface area contributed by atoms with Gasteiger partial charge < -0.3 is 4.90 Å². The van der Waals surface area contributed by atoms with Crippen LogP contribution in [0.3, 0.4) is 0 Å². The minimum absolute atomic E-state index is 0.380. The van der Waals surface area contributed by atoms with E-state index >= 15 is 0 Å². The van der Waals surface area contributed by atoms with Gasteiger partial charge in [0.2, 0.25) is 0 Å². The Balaban J connectivity index is 2.30. The van der Waals surface area contributed by atoms with E-state index in [1.54, 1.807) is 0 Å². The van der Waals surface area contributed by atoms with Gasteiger partial charge in [-0.1, -0.05) is 114 Å². The van der Waals surface area contributed by atoms with Crippen LogP contribution in [0.2, 0.25) is 0 Å². The van der Waals surface area contributed by atoms with Crippen LogP contribution in [0.4, 0.5) is 0 Å². The van der Waals surface area contributed by atoms with Gasteiger partial charge in [0.05, 0.1) is 0 Å². The van der Waals surface area contributed by atoms with Crippen LogP contribution in [0.15, 0.2) is 72.4 Å². The van der Waals surface area contributed by atoms with Gasteiger partial charge >= 0.3 is 0 Å². The molecule has 1 saturated carbocycles. The van der Waals surface area contributed by atoms with Crippen molar-refractivity contribution < 1.29 is 0 Å². The molecule has 0 radical (unpaired) electrons. The molecule has 0 aromatic heterocycles. The van der Waals surface area contributed by atoms with Crippen molar-refractivity contribution in [1.29, 1.82) is 0 Å². The average Bonchev–Trinajstić information content (AvgIpc) is 3.07. The van der Waals surface area contributed by atoms with Crippen LogP contribution >= 0.6 is 0 Å². The first-order valence-electron chi connectivity index (χ1n) is 14.1. The van der Waals surface area contributed by atoms with Crippen LogP contribution in [0.5, 0.6) is 0 Å². The number of rotatable bonds is 12. The molecule has 0 aromatic carbocycles. The molecule has 2 rings (SSSR count). The van der Waals surface area contributed by atoms with Gasteiger partial charge in [-0.15, -0.1) is 0 Å². The fourth-order valence-electron chi connectivity index (χ4n) is 5.87. The van der Waals surface area contributed by atoms with Crippen LogP contribution in [0, 0.1) is 17.3 Å². The van der Waals surface area contributed by atoms with E-state index in [0.717, 1.165) is 12.8 Å². The summed E-state index contributed by atoms with van der Waals surface area (Å²) in [7, 11) is 0. The maximum Gasteiger partial charge on any atom is 0.00555 e. The molecule has 1 nitrogen and oxygen atoms in total. The molecule has 1 unspecified atom stereocenters. The standard InChI is InChI=1S/C33H53N/c1-7-10-18-29(8-2)19-20-31(28(4)5)22-21-30(9-3)32(27-34-25-16-13-17-26-34)33(6)23-14-11-12-15-24-33/h7-10,18,21-22,28,32H,2-3,11-17,19-20,23-27H2,1,4-6H3/b10-7-,29-18+,30-21+,31-22-. The minimum atomic E-state index is 0.380. The van der Waals surface area contributed by atoms with Gasteiger partial charge in [-0.05, 0) is 81.0 Å². The monoisotopic (exact) mass is 463 g/mol. The number of hydrogen-bond acceptors (Lipinski definition) is 1. The first kappa shape index (κ1) is 28.6. The van der Waals surface area contributed by atoms with Crippen molar-refractivity contribution in [1.82, 2.24) is 4.90 Å². The van der Waals surface area contributed by atoms with Crippen molar-refractivity contribution in [2.24, 2.45) is 17.3 Å². The molecule has 0 bridgehead atoms. The Morgan fingerprint density at radius 1 is 0.853 bits per heavy atom. The van der Waals surface area contributed by atoms with E-state index in [-0.39, 0.29) is 0 Å². The molecule has 1 atom stereocenters. The van der Waals surface area contributed by atoms with E-state index in [4.69, 9.17) is 0 Å². The van der Waals surface area contributed by atoms with Gasteiger partial charge in [0.25, 0.3) is 0 Å². The molecular formula is C33H53N. The third kappa shape index (κ3) is 9.21. The van der Waals surface area contributed by atoms with Crippen LogP contribution in [-0.4, -0.2) is 24.5 Å². The van der Waals surface area contributed by atoms with Gasteiger partial charge in [-0.3, -0.25) is 0 Å². The highest BCUT2D eigenvalue weighted by molar-refractivity contribution is 5.31. The van der Waals surface area contributed by atoms with E-state index in [1.165, 1.54) is 94.1 Å². The lowest BCUT2D eigenvalue weighted by Gasteiger charge is -2.42. The number of hydrogen-bond donors (Lipinski definition) is 0. The smallest absolute Gasteiger partial charge is 0.00555 e. The number of piperidine rings is 1. The van der Waals surface area contributed by atoms with Crippen molar-refractivity contribution in [3.05, 3.63) is 72.4 Å². The summed E-state index contributed by atoms with van der Waals surface area (Å²) in [5, 5.41) is 0. The van der Waals surface area contributed by atoms with Crippen molar-refractivity contribution in [2.45, 2.75) is 98.3 Å². The maximum absolute atomic E-state index is 4.32. The fraction of sp³-hybridized carbons (Fsp3) is 0.636. The van der Waals surface area contributed by atoms with Crippen LogP contribution in [-0.2, 0) is 0 Å². The lowest BCUT2D eigenvalue weighted by molar-refractivity contribution is 0.117.